The molecule has 0 amide bonds. The van der Waals surface area contributed by atoms with E-state index in [4.69, 9.17) is 4.74 Å². The van der Waals surface area contributed by atoms with Gasteiger partial charge in [-0.1, -0.05) is 5.21 Å². The lowest BCUT2D eigenvalue weighted by Gasteiger charge is -2.41. The first-order valence-electron chi connectivity index (χ1n) is 9.41. The minimum absolute atomic E-state index is 0.0758. The van der Waals surface area contributed by atoms with Gasteiger partial charge in [-0.15, -0.1) is 5.10 Å². The van der Waals surface area contributed by atoms with Crippen LogP contribution in [0.25, 0.3) is 11.3 Å². The molecule has 0 aliphatic carbocycles. The van der Waals surface area contributed by atoms with Crippen LogP contribution in [-0.4, -0.2) is 69.9 Å². The van der Waals surface area contributed by atoms with Crippen LogP contribution in [0.15, 0.2) is 46.2 Å². The first kappa shape index (κ1) is 23.9. The van der Waals surface area contributed by atoms with Crippen LogP contribution in [0.4, 0.5) is 13.2 Å². The van der Waals surface area contributed by atoms with E-state index in [9.17, 15) is 32.7 Å². The minimum atomic E-state index is -1.97. The van der Waals surface area contributed by atoms with Gasteiger partial charge in [0.1, 0.15) is 30.0 Å². The van der Waals surface area contributed by atoms with E-state index in [0.717, 1.165) is 16.8 Å². The van der Waals surface area contributed by atoms with Gasteiger partial charge in [0.25, 0.3) is 0 Å². The Hall–Kier alpha value is -2.23. The molecule has 3 heterocycles. The van der Waals surface area contributed by atoms with Gasteiger partial charge in [0.2, 0.25) is 0 Å². The number of ether oxygens (including phenoxy) is 1. The maximum Gasteiger partial charge on any atom is 0.194 e. The standard InChI is InChI=1S/C19H16BrF3N4O5S/c20-9-3-10(5-24-4-9)33(31)19-18(30)16(17(29)14(7-28)32-19)27-6-13(25-26-27)8-1-11(21)15(23)12(22)2-8/h1-6,14,16-19,28-30H,7H2/t14-,16+,17+,18-,19-,33+/m1/s1. The number of nitrogens with zero attached hydrogens (tertiary/aromatic N) is 4. The third-order valence-corrected chi connectivity index (χ3v) is 7.00. The van der Waals surface area contributed by atoms with Gasteiger partial charge in [-0.25, -0.2) is 17.9 Å². The topological polar surface area (TPSA) is 131 Å². The summed E-state index contributed by atoms with van der Waals surface area (Å²) in [6.07, 6.45) is -0.380. The largest absolute Gasteiger partial charge is 0.394 e. The van der Waals surface area contributed by atoms with Crippen molar-refractivity contribution in [3.63, 3.8) is 0 Å². The molecular formula is C19H16BrF3N4O5S. The summed E-state index contributed by atoms with van der Waals surface area (Å²) in [6.45, 7) is -0.662. The molecule has 1 aromatic carbocycles. The quantitative estimate of drug-likeness (QED) is 0.407. The van der Waals surface area contributed by atoms with Gasteiger partial charge in [-0.2, -0.15) is 0 Å². The Morgan fingerprint density at radius 1 is 1.12 bits per heavy atom. The molecule has 3 aromatic rings. The Morgan fingerprint density at radius 3 is 2.45 bits per heavy atom. The molecule has 4 rings (SSSR count). The van der Waals surface area contributed by atoms with E-state index in [1.165, 1.54) is 24.7 Å². The van der Waals surface area contributed by atoms with Gasteiger partial charge in [-0.3, -0.25) is 9.19 Å². The van der Waals surface area contributed by atoms with Crippen molar-refractivity contribution >= 4 is 26.7 Å². The fourth-order valence-electron chi connectivity index (χ4n) is 3.45. The lowest BCUT2D eigenvalue weighted by Crippen LogP contribution is -2.57. The third-order valence-electron chi connectivity index (χ3n) is 5.07. The van der Waals surface area contributed by atoms with Crippen LogP contribution in [0.2, 0.25) is 0 Å². The van der Waals surface area contributed by atoms with Gasteiger partial charge in [0.15, 0.2) is 22.9 Å². The molecule has 0 spiro atoms. The lowest BCUT2D eigenvalue weighted by molar-refractivity contribution is -0.179. The first-order valence-corrected chi connectivity index (χ1v) is 11.4. The predicted molar refractivity (Wildman–Crippen MR) is 110 cm³/mol. The van der Waals surface area contributed by atoms with E-state index in [-0.39, 0.29) is 16.2 Å². The lowest BCUT2D eigenvalue weighted by atomic mass is 9.97. The highest BCUT2D eigenvalue weighted by Gasteiger charge is 2.48. The molecule has 0 saturated carbocycles. The van der Waals surface area contributed by atoms with Crippen molar-refractivity contribution in [3.8, 4) is 11.3 Å². The predicted octanol–water partition coefficient (Wildman–Crippen LogP) is 1.31. The van der Waals surface area contributed by atoms with Crippen LogP contribution in [0.5, 0.6) is 0 Å². The van der Waals surface area contributed by atoms with Crippen molar-refractivity contribution in [1.29, 1.82) is 0 Å². The first-order chi connectivity index (χ1) is 15.7. The summed E-state index contributed by atoms with van der Waals surface area (Å²) in [5.74, 6) is -4.49. The van der Waals surface area contributed by atoms with Crippen LogP contribution in [0.3, 0.4) is 0 Å². The van der Waals surface area contributed by atoms with Crippen LogP contribution in [0, 0.1) is 17.5 Å². The van der Waals surface area contributed by atoms with Gasteiger partial charge in [-0.05, 0) is 34.1 Å². The molecule has 1 fully saturated rings. The van der Waals surface area contributed by atoms with Crippen molar-refractivity contribution in [1.82, 2.24) is 20.0 Å². The molecule has 14 heteroatoms. The Kier molecular flexibility index (Phi) is 6.93. The highest BCUT2D eigenvalue weighted by Crippen LogP contribution is 2.34. The third kappa shape index (κ3) is 4.58. The van der Waals surface area contributed by atoms with Crippen molar-refractivity contribution in [2.75, 3.05) is 6.61 Å². The molecule has 0 radical (unpaired) electrons. The zero-order valence-electron chi connectivity index (χ0n) is 16.4. The maximum absolute atomic E-state index is 13.6. The number of rotatable bonds is 5. The van der Waals surface area contributed by atoms with Gasteiger partial charge in [0.05, 0.1) is 28.5 Å². The molecule has 2 aromatic heterocycles. The second-order valence-electron chi connectivity index (χ2n) is 7.17. The number of aliphatic hydroxyl groups is 3. The average molecular weight is 549 g/mol. The number of aromatic nitrogens is 4. The van der Waals surface area contributed by atoms with E-state index >= 15 is 0 Å². The fraction of sp³-hybridized carbons (Fsp3) is 0.316. The molecular weight excluding hydrogens is 533 g/mol. The Labute approximate surface area is 195 Å². The van der Waals surface area contributed by atoms with E-state index in [1.54, 1.807) is 0 Å². The summed E-state index contributed by atoms with van der Waals surface area (Å²) in [6, 6.07) is 1.66. The Bertz CT molecular complexity index is 1180. The Morgan fingerprint density at radius 2 is 1.82 bits per heavy atom. The molecule has 33 heavy (non-hydrogen) atoms. The zero-order chi connectivity index (χ0) is 23.9. The van der Waals surface area contributed by atoms with Crippen molar-refractivity contribution in [2.45, 2.75) is 34.7 Å². The number of aliphatic hydroxyl groups excluding tert-OH is 3. The molecule has 1 aliphatic heterocycles. The average Bonchev–Trinajstić information content (AvgIpc) is 3.27. The smallest absolute Gasteiger partial charge is 0.194 e. The summed E-state index contributed by atoms with van der Waals surface area (Å²) in [4.78, 5) is 4.14. The molecule has 9 nitrogen and oxygen atoms in total. The minimum Gasteiger partial charge on any atom is -0.394 e. The number of hydrogen-bond donors (Lipinski definition) is 3. The number of halogens is 4. The number of pyridine rings is 1. The van der Waals surface area contributed by atoms with Crippen molar-refractivity contribution < 1.29 is 37.4 Å². The summed E-state index contributed by atoms with van der Waals surface area (Å²) in [5, 5.41) is 38.8. The van der Waals surface area contributed by atoms with Crippen LogP contribution in [-0.2, 0) is 15.5 Å². The van der Waals surface area contributed by atoms with Crippen molar-refractivity contribution in [2.24, 2.45) is 0 Å². The van der Waals surface area contributed by atoms with Crippen LogP contribution in [0.1, 0.15) is 6.04 Å². The van der Waals surface area contributed by atoms with E-state index < -0.39 is 64.6 Å². The number of benzene rings is 1. The Balaban J connectivity index is 1.68. The summed E-state index contributed by atoms with van der Waals surface area (Å²) in [7, 11) is -1.97. The zero-order valence-corrected chi connectivity index (χ0v) is 18.8. The molecule has 6 atom stereocenters. The summed E-state index contributed by atoms with van der Waals surface area (Å²) >= 11 is 3.21. The van der Waals surface area contributed by atoms with Crippen LogP contribution >= 0.6 is 15.9 Å². The molecule has 0 bridgehead atoms. The van der Waals surface area contributed by atoms with Gasteiger partial charge < -0.3 is 20.1 Å². The maximum atomic E-state index is 13.6. The highest BCUT2D eigenvalue weighted by atomic mass is 79.9. The van der Waals surface area contributed by atoms with Gasteiger partial charge in [0, 0.05) is 22.4 Å². The second-order valence-corrected chi connectivity index (χ2v) is 9.62. The molecule has 176 valence electrons. The normalized spacial score (nSPS) is 26.3. The number of hydrogen-bond acceptors (Lipinski definition) is 8. The van der Waals surface area contributed by atoms with Gasteiger partial charge >= 0.3 is 0 Å². The van der Waals surface area contributed by atoms with Crippen LogP contribution < -0.4 is 0 Å². The molecule has 3 N–H and O–H groups in total. The van der Waals surface area contributed by atoms with E-state index in [2.05, 4.69) is 31.2 Å². The molecule has 0 unspecified atom stereocenters. The summed E-state index contributed by atoms with van der Waals surface area (Å²) in [5.41, 5.74) is -1.60. The SMILES string of the molecule is O=[S@@](c1cncc(Br)c1)[C@H]1O[C@H](CO)[C@H](O)[C@H](n2cc(-c3cc(F)c(F)c(F)c3)nn2)[C@H]1O. The second kappa shape index (κ2) is 9.56. The summed E-state index contributed by atoms with van der Waals surface area (Å²) < 4.78 is 60.6. The van der Waals surface area contributed by atoms with E-state index in [1.807, 2.05) is 0 Å². The monoisotopic (exact) mass is 548 g/mol. The highest BCUT2D eigenvalue weighted by molar-refractivity contribution is 9.10. The fourth-order valence-corrected chi connectivity index (χ4v) is 5.30. The molecule has 1 saturated heterocycles. The molecule has 1 aliphatic rings. The van der Waals surface area contributed by atoms with Crippen molar-refractivity contribution in [3.05, 3.63) is 58.7 Å². The van der Waals surface area contributed by atoms with E-state index in [0.29, 0.717) is 4.47 Å².